The second kappa shape index (κ2) is 10.6. The van der Waals surface area contributed by atoms with Crippen LogP contribution in [0.15, 0.2) is 91.0 Å². The predicted octanol–water partition coefficient (Wildman–Crippen LogP) is 4.67. The van der Waals surface area contributed by atoms with E-state index in [0.29, 0.717) is 36.0 Å². The van der Waals surface area contributed by atoms with Crippen molar-refractivity contribution in [2.75, 3.05) is 11.4 Å². The zero-order valence-corrected chi connectivity index (χ0v) is 19.6. The summed E-state index contributed by atoms with van der Waals surface area (Å²) in [5.41, 5.74) is 8.77. The summed E-state index contributed by atoms with van der Waals surface area (Å²) < 4.78 is 18.9. The first-order valence-corrected chi connectivity index (χ1v) is 11.5. The summed E-state index contributed by atoms with van der Waals surface area (Å²) in [5, 5.41) is 14.2. The van der Waals surface area contributed by atoms with E-state index in [1.165, 1.54) is 12.1 Å². The lowest BCUT2D eigenvalue weighted by molar-refractivity contribution is 0.0995. The minimum Gasteiger partial charge on any atom is -0.457 e. The van der Waals surface area contributed by atoms with Gasteiger partial charge in [0, 0.05) is 29.9 Å². The average molecular weight is 496 g/mol. The maximum absolute atomic E-state index is 13.2. The third kappa shape index (κ3) is 5.76. The van der Waals surface area contributed by atoms with Gasteiger partial charge in [-0.25, -0.2) is 9.37 Å². The Labute approximate surface area is 211 Å². The molecule has 3 aromatic carbocycles. The molecule has 0 bridgehead atoms. The Morgan fingerprint density at radius 2 is 1.62 bits per heavy atom. The van der Waals surface area contributed by atoms with E-state index in [9.17, 15) is 9.18 Å². The monoisotopic (exact) mass is 495 g/mol. The fourth-order valence-corrected chi connectivity index (χ4v) is 3.79. The molecule has 10 heteroatoms. The van der Waals surface area contributed by atoms with Crippen LogP contribution >= 0.6 is 0 Å². The molecule has 2 heterocycles. The van der Waals surface area contributed by atoms with Crippen molar-refractivity contribution >= 4 is 17.3 Å². The molecule has 5 aromatic rings. The van der Waals surface area contributed by atoms with Gasteiger partial charge in [0.25, 0.3) is 5.91 Å². The molecule has 37 heavy (non-hydrogen) atoms. The predicted molar refractivity (Wildman–Crippen MR) is 136 cm³/mol. The first kappa shape index (κ1) is 23.6. The van der Waals surface area contributed by atoms with E-state index < -0.39 is 5.91 Å². The summed E-state index contributed by atoms with van der Waals surface area (Å²) in [6.45, 7) is 0.523. The topological polar surface area (TPSA) is 123 Å². The van der Waals surface area contributed by atoms with Crippen molar-refractivity contribution in [3.05, 3.63) is 108 Å². The van der Waals surface area contributed by atoms with Crippen LogP contribution in [0.4, 0.5) is 15.8 Å². The Bertz CT molecular complexity index is 1480. The lowest BCUT2D eigenvalue weighted by Gasteiger charge is -2.25. The molecule has 3 N–H and O–H groups in total. The summed E-state index contributed by atoms with van der Waals surface area (Å²) in [6, 6.07) is 26.3. The number of benzene rings is 3. The Hall–Kier alpha value is -5.12. The molecule has 1 amide bonds. The molecule has 0 aliphatic rings. The highest BCUT2D eigenvalue weighted by Gasteiger charge is 2.16. The second-order valence-corrected chi connectivity index (χ2v) is 8.11. The maximum Gasteiger partial charge on any atom is 0.267 e. The molecule has 2 aromatic heterocycles. The smallest absolute Gasteiger partial charge is 0.267 e. The fourth-order valence-electron chi connectivity index (χ4n) is 3.79. The first-order chi connectivity index (χ1) is 18.0. The van der Waals surface area contributed by atoms with E-state index in [1.807, 2.05) is 53.4 Å². The molecule has 0 unspecified atom stereocenters. The first-order valence-electron chi connectivity index (χ1n) is 11.5. The molecule has 0 aliphatic carbocycles. The van der Waals surface area contributed by atoms with Gasteiger partial charge in [0.15, 0.2) is 5.82 Å². The SMILES string of the molecule is NC(=O)c1cc(N(CCc2nn[nH]n2)c2ccccc2)cc(-c2ccc(Oc3ccc(F)cc3)cc2)n1. The van der Waals surface area contributed by atoms with Crippen molar-refractivity contribution in [1.82, 2.24) is 25.6 Å². The highest BCUT2D eigenvalue weighted by molar-refractivity contribution is 5.93. The van der Waals surface area contributed by atoms with Gasteiger partial charge in [-0.15, -0.1) is 10.2 Å². The summed E-state index contributed by atoms with van der Waals surface area (Å²) in [5.74, 6) is 0.700. The van der Waals surface area contributed by atoms with Crippen LogP contribution in [0.25, 0.3) is 11.3 Å². The van der Waals surface area contributed by atoms with Gasteiger partial charge in [0.2, 0.25) is 0 Å². The quantitative estimate of drug-likeness (QED) is 0.305. The van der Waals surface area contributed by atoms with Crippen molar-refractivity contribution < 1.29 is 13.9 Å². The number of nitrogens with zero attached hydrogens (tertiary/aromatic N) is 5. The number of carbonyl (C=O) groups is 1. The number of hydrogen-bond acceptors (Lipinski definition) is 7. The number of carbonyl (C=O) groups excluding carboxylic acids is 1. The van der Waals surface area contributed by atoms with E-state index in [-0.39, 0.29) is 11.5 Å². The van der Waals surface area contributed by atoms with Crippen molar-refractivity contribution in [1.29, 1.82) is 0 Å². The summed E-state index contributed by atoms with van der Waals surface area (Å²) in [4.78, 5) is 18.7. The van der Waals surface area contributed by atoms with E-state index in [0.717, 1.165) is 16.9 Å². The third-order valence-corrected chi connectivity index (χ3v) is 5.59. The number of para-hydroxylation sites is 1. The molecule has 184 valence electrons. The van der Waals surface area contributed by atoms with Crippen LogP contribution in [0, 0.1) is 5.82 Å². The van der Waals surface area contributed by atoms with Gasteiger partial charge in [-0.05, 0) is 72.8 Å². The van der Waals surface area contributed by atoms with E-state index in [2.05, 4.69) is 25.6 Å². The molecule has 0 atom stereocenters. The van der Waals surface area contributed by atoms with Gasteiger partial charge in [-0.2, -0.15) is 5.21 Å². The molecule has 0 radical (unpaired) electrons. The molecular weight excluding hydrogens is 473 g/mol. The van der Waals surface area contributed by atoms with Crippen LogP contribution in [0.3, 0.4) is 0 Å². The van der Waals surface area contributed by atoms with Crippen LogP contribution in [-0.2, 0) is 6.42 Å². The Morgan fingerprint density at radius 3 is 2.27 bits per heavy atom. The second-order valence-electron chi connectivity index (χ2n) is 8.11. The number of amides is 1. The number of anilines is 2. The highest BCUT2D eigenvalue weighted by Crippen LogP contribution is 2.31. The lowest BCUT2D eigenvalue weighted by Crippen LogP contribution is -2.22. The van der Waals surface area contributed by atoms with E-state index in [4.69, 9.17) is 10.5 Å². The highest BCUT2D eigenvalue weighted by atomic mass is 19.1. The number of rotatable bonds is 9. The van der Waals surface area contributed by atoms with Crippen LogP contribution in [0.2, 0.25) is 0 Å². The van der Waals surface area contributed by atoms with Gasteiger partial charge in [0.05, 0.1) is 5.69 Å². The minimum atomic E-state index is -0.634. The van der Waals surface area contributed by atoms with Crippen LogP contribution < -0.4 is 15.4 Å². The standard InChI is InChI=1S/C27H22FN7O2/c28-19-8-12-23(13-9-19)37-22-10-6-18(7-11-22)24-16-21(17-25(30-24)27(29)36)35(20-4-2-1-3-5-20)15-14-26-31-33-34-32-26/h1-13,16-17H,14-15H2,(H2,29,36)(H,31,32,33,34). The Kier molecular flexibility index (Phi) is 6.80. The van der Waals surface area contributed by atoms with Gasteiger partial charge in [-0.1, -0.05) is 23.4 Å². The van der Waals surface area contributed by atoms with Crippen LogP contribution in [0.1, 0.15) is 16.3 Å². The van der Waals surface area contributed by atoms with Crippen molar-refractivity contribution in [3.8, 4) is 22.8 Å². The van der Waals surface area contributed by atoms with Crippen LogP contribution in [0.5, 0.6) is 11.5 Å². The number of aromatic amines is 1. The molecule has 9 nitrogen and oxygen atoms in total. The molecule has 5 rings (SSSR count). The zero-order chi connectivity index (χ0) is 25.6. The molecule has 0 fully saturated rings. The molecule has 0 spiro atoms. The number of tetrazole rings is 1. The largest absolute Gasteiger partial charge is 0.457 e. The van der Waals surface area contributed by atoms with E-state index in [1.54, 1.807) is 30.3 Å². The Balaban J connectivity index is 1.47. The van der Waals surface area contributed by atoms with Crippen molar-refractivity contribution in [3.63, 3.8) is 0 Å². The summed E-state index contributed by atoms with van der Waals surface area (Å²) in [6.07, 6.45) is 0.518. The van der Waals surface area contributed by atoms with Gasteiger partial charge >= 0.3 is 0 Å². The number of primary amides is 1. The Morgan fingerprint density at radius 1 is 0.919 bits per heavy atom. The molecule has 0 saturated heterocycles. The fraction of sp³-hybridized carbons (Fsp3) is 0.0741. The maximum atomic E-state index is 13.2. The van der Waals surface area contributed by atoms with Crippen molar-refractivity contribution in [2.45, 2.75) is 6.42 Å². The third-order valence-electron chi connectivity index (χ3n) is 5.59. The number of aromatic nitrogens is 5. The zero-order valence-electron chi connectivity index (χ0n) is 19.6. The van der Waals surface area contributed by atoms with E-state index >= 15 is 0 Å². The number of ether oxygens (including phenoxy) is 1. The average Bonchev–Trinajstić information content (AvgIpc) is 3.45. The number of pyridine rings is 1. The summed E-state index contributed by atoms with van der Waals surface area (Å²) >= 11 is 0. The molecular formula is C27H22FN7O2. The van der Waals surface area contributed by atoms with Crippen molar-refractivity contribution in [2.24, 2.45) is 5.73 Å². The van der Waals surface area contributed by atoms with Gasteiger partial charge in [0.1, 0.15) is 23.0 Å². The normalized spacial score (nSPS) is 10.7. The molecule has 0 aliphatic heterocycles. The number of nitrogens with two attached hydrogens (primary N) is 1. The van der Waals surface area contributed by atoms with Crippen LogP contribution in [-0.4, -0.2) is 38.1 Å². The lowest BCUT2D eigenvalue weighted by atomic mass is 10.1. The number of H-pyrrole nitrogens is 1. The van der Waals surface area contributed by atoms with Gasteiger partial charge in [-0.3, -0.25) is 4.79 Å². The van der Waals surface area contributed by atoms with Gasteiger partial charge < -0.3 is 15.4 Å². The number of hydrogen-bond donors (Lipinski definition) is 2. The summed E-state index contributed by atoms with van der Waals surface area (Å²) in [7, 11) is 0. The number of halogens is 1. The number of nitrogens with one attached hydrogen (secondary N) is 1. The minimum absolute atomic E-state index is 0.139. The molecule has 0 saturated carbocycles.